The molecule has 23 aliphatic rings. The van der Waals surface area contributed by atoms with Crippen molar-refractivity contribution in [2.45, 2.75) is 342 Å². The molecule has 14 aliphatic carbocycles. The van der Waals surface area contributed by atoms with Gasteiger partial charge >= 0.3 is 0 Å². The standard InChI is InChI=1S/C11H21NO.2C9H17NO.2C8H14O.2C7H15NO.C7H12O.C7H14O.C6H13NO.C6H12O2.C6H10O2.C6H10O/c1-13-11-6-8-12(9-7-11)10-4-2-3-5-10;1-11-8-9-2-5-10(6-3-9)7-4-9;1-11-9-6-10(7-9)8-4-2-3-5-8;1-9-8-6-2-3-7(8)5-4-6;1-9-8(6-2-3-6)7-4-5-7;1-8-5-3-7(9-2)4-6-8;1-8-5-3-4-7(8)6-9-2;1-8-7-5-2-3-6(7)4-5;1-8-6-7-4-2-3-5-7;1-8-6-2-4-7-5-3-6;1-7-6-2-4-8-5-3-6;1-8-6-4-2-3-5(6)7;1-7-6-4-2-5(6)3-4/h10-11H,2-9H2,1H3;2-8H2,1H3;8-9H,2-7H2,1H3;2*6-8H,2-5H2,1H3;2*7H,3-6H2,1-2H3;5-7H,2-4H2,1H3;7H,2-6H2,1H3;6-7H,2-5H2,1H3;6H,2-5H2,1H3;6H,2-4H2,1H3;4-6H,2-3H2,1H3. The number of ketones is 1. The van der Waals surface area contributed by atoms with Crippen LogP contribution < -0.4 is 5.32 Å². The fourth-order valence-corrected chi connectivity index (χ4v) is 22.4. The largest absolute Gasteiger partial charge is 0.384 e. The maximum atomic E-state index is 10.7. The quantitative estimate of drug-likeness (QED) is 0.122. The van der Waals surface area contributed by atoms with Crippen molar-refractivity contribution in [2.75, 3.05) is 218 Å². The number of Topliss-reactive ketones (excluding diaryl/α,β-unsaturated/α-hetero) is 1. The second kappa shape index (κ2) is 58.4. The van der Waals surface area contributed by atoms with Gasteiger partial charge in [0.15, 0.2) is 5.78 Å². The number of likely N-dealkylation sites (N-methyl/N-ethyl adjacent to an activating group) is 1. The van der Waals surface area contributed by atoms with Crippen molar-refractivity contribution in [1.82, 2.24) is 29.8 Å². The molecular weight excluding hydrogens is 1490 g/mol. The number of ether oxygens (including phenoxy) is 14. The minimum Gasteiger partial charge on any atom is -0.384 e. The van der Waals surface area contributed by atoms with E-state index >= 15 is 0 Å². The molecule has 1 N–H and O–H groups in total. The van der Waals surface area contributed by atoms with E-state index in [1.54, 1.807) is 42.7 Å². The van der Waals surface area contributed by atoms with Crippen LogP contribution >= 0.6 is 0 Å². The van der Waals surface area contributed by atoms with E-state index in [0.29, 0.717) is 66.4 Å². The fraction of sp³-hybridized carbons (Fsp3) is 0.990. The van der Waals surface area contributed by atoms with Gasteiger partial charge in [-0.1, -0.05) is 38.5 Å². The normalized spacial score (nSPS) is 33.2. The predicted octanol–water partition coefficient (Wildman–Crippen LogP) is 15.8. The van der Waals surface area contributed by atoms with Gasteiger partial charge in [-0.25, -0.2) is 0 Å². The first-order valence-corrected chi connectivity index (χ1v) is 48.8. The molecule has 9 aliphatic heterocycles. The molecule has 0 aromatic heterocycles. The number of likely N-dealkylation sites (tertiary alicyclic amines) is 4. The molecule has 0 aromatic rings. The number of hydrogen-bond donors (Lipinski definition) is 1. The van der Waals surface area contributed by atoms with Crippen molar-refractivity contribution in [1.29, 1.82) is 0 Å². The van der Waals surface area contributed by atoms with Gasteiger partial charge in [-0.3, -0.25) is 9.69 Å². The van der Waals surface area contributed by atoms with Crippen LogP contribution in [-0.2, 0) is 71.1 Å². The summed E-state index contributed by atoms with van der Waals surface area (Å²) in [5, 5.41) is 3.27. The number of hydrogen-bond acceptors (Lipinski definition) is 21. The Morgan fingerprint density at radius 2 is 0.831 bits per heavy atom. The maximum Gasteiger partial charge on any atom is 0.161 e. The van der Waals surface area contributed by atoms with Crippen LogP contribution in [0, 0.1) is 58.7 Å². The van der Waals surface area contributed by atoms with Gasteiger partial charge in [0.25, 0.3) is 0 Å². The average molecular weight is 1670 g/mol. The summed E-state index contributed by atoms with van der Waals surface area (Å²) in [5.74, 6) is 8.75. The van der Waals surface area contributed by atoms with Crippen molar-refractivity contribution in [2.24, 2.45) is 58.7 Å². The predicted molar refractivity (Wildman–Crippen MR) is 477 cm³/mol. The summed E-state index contributed by atoms with van der Waals surface area (Å²) in [5.41, 5.74) is 0.573. The highest BCUT2D eigenvalue weighted by Gasteiger charge is 2.53. The van der Waals surface area contributed by atoms with E-state index in [2.05, 4.69) is 43.9 Å². The Morgan fingerprint density at radius 3 is 1.18 bits per heavy atom. The molecular formula is C97H184N6O15. The Hall–Kier alpha value is -1.13. The van der Waals surface area contributed by atoms with Crippen LogP contribution in [0.4, 0.5) is 0 Å². The highest BCUT2D eigenvalue weighted by molar-refractivity contribution is 5.84. The molecule has 692 valence electrons. The van der Waals surface area contributed by atoms with Crippen molar-refractivity contribution in [3.8, 4) is 0 Å². The Bertz CT molecular complexity index is 2370. The molecule has 23 fully saturated rings. The molecule has 0 radical (unpaired) electrons. The van der Waals surface area contributed by atoms with Gasteiger partial charge < -0.3 is 91.2 Å². The van der Waals surface area contributed by atoms with E-state index in [9.17, 15) is 4.79 Å². The van der Waals surface area contributed by atoms with Crippen molar-refractivity contribution in [3.63, 3.8) is 0 Å². The molecule has 0 spiro atoms. The van der Waals surface area contributed by atoms with E-state index in [4.69, 9.17) is 66.3 Å². The molecule has 21 heteroatoms. The third-order valence-electron chi connectivity index (χ3n) is 31.2. The van der Waals surface area contributed by atoms with E-state index in [1.807, 2.05) is 49.8 Å². The Balaban J connectivity index is 0.000000160. The summed E-state index contributed by atoms with van der Waals surface area (Å²) in [7, 11) is 27.7. The highest BCUT2D eigenvalue weighted by Crippen LogP contribution is 2.55. The first kappa shape index (κ1) is 102. The number of rotatable bonds is 20. The topological polar surface area (TPSA) is 175 Å². The maximum absolute atomic E-state index is 10.7. The van der Waals surface area contributed by atoms with Crippen LogP contribution in [0.15, 0.2) is 0 Å². The number of carbonyl (C=O) groups is 1. The minimum atomic E-state index is -0.0741. The fourth-order valence-electron chi connectivity index (χ4n) is 22.4. The zero-order valence-corrected chi connectivity index (χ0v) is 78.6. The molecule has 14 saturated carbocycles. The summed E-state index contributed by atoms with van der Waals surface area (Å²) in [4.78, 5) is 23.2. The first-order valence-electron chi connectivity index (χ1n) is 48.8. The van der Waals surface area contributed by atoms with Crippen molar-refractivity contribution >= 4 is 5.78 Å². The molecule has 21 nitrogen and oxygen atoms in total. The molecule has 9 saturated heterocycles. The molecule has 4 unspecified atom stereocenters. The van der Waals surface area contributed by atoms with E-state index in [1.165, 1.54) is 297 Å². The van der Waals surface area contributed by atoms with Gasteiger partial charge in [-0.15, -0.1) is 0 Å². The average Bonchev–Trinajstić information content (AvgIpc) is 1.39. The smallest absolute Gasteiger partial charge is 0.161 e. The van der Waals surface area contributed by atoms with Crippen LogP contribution in [0.1, 0.15) is 263 Å². The zero-order chi connectivity index (χ0) is 84.3. The highest BCUT2D eigenvalue weighted by atomic mass is 16.5. The lowest BCUT2D eigenvalue weighted by atomic mass is 9.53. The number of nitrogens with one attached hydrogen (secondary N) is 1. The lowest BCUT2D eigenvalue weighted by molar-refractivity contribution is -0.169. The minimum absolute atomic E-state index is 0.0741. The van der Waals surface area contributed by atoms with E-state index in [-0.39, 0.29) is 11.9 Å². The number of carbonyl (C=O) groups excluding carboxylic acids is 1. The van der Waals surface area contributed by atoms with Gasteiger partial charge in [-0.2, -0.15) is 0 Å². The number of fused-ring (bicyclic) bond motifs is 6. The van der Waals surface area contributed by atoms with Gasteiger partial charge in [-0.05, 0) is 330 Å². The Morgan fingerprint density at radius 1 is 0.390 bits per heavy atom. The van der Waals surface area contributed by atoms with Gasteiger partial charge in [0, 0.05) is 176 Å². The summed E-state index contributed by atoms with van der Waals surface area (Å²) >= 11 is 0. The van der Waals surface area contributed by atoms with Crippen LogP contribution in [0.2, 0.25) is 0 Å². The summed E-state index contributed by atoms with van der Waals surface area (Å²) in [6.07, 6.45) is 59.8. The molecule has 23 rings (SSSR count). The summed E-state index contributed by atoms with van der Waals surface area (Å²) in [6.45, 7) is 19.3. The third-order valence-corrected chi connectivity index (χ3v) is 31.2. The van der Waals surface area contributed by atoms with Crippen molar-refractivity contribution < 1.29 is 71.1 Å². The summed E-state index contributed by atoms with van der Waals surface area (Å²) < 4.78 is 72.7. The Kier molecular flexibility index (Phi) is 50.6. The molecule has 0 amide bonds. The van der Waals surface area contributed by atoms with Crippen LogP contribution in [0.5, 0.6) is 0 Å². The number of piperidine rings is 6. The lowest BCUT2D eigenvalue weighted by Gasteiger charge is -2.56. The third kappa shape index (κ3) is 35.5. The number of methoxy groups -OCH3 is 13. The SMILES string of the molecule is COC(C1CC1)C1CC1.COC1C2CC1C2.COC1C2CCC1C2.COC1C2CCC1CC2.COC1CCCC1=O.COC1CCN(C)CC1.COC1CCN(C2CCCC2)CC1.COC1CCNCC1.COC1CCOCC1.COC1CN(C2CCCC2)C1.COCC12CCN(CC1)CC2.COCC1CCCC1.COCC1CCCN1C. The number of nitrogens with zero attached hydrogens (tertiary/aromatic N) is 5. The first-order chi connectivity index (χ1) is 57.6. The molecule has 0 aromatic carbocycles. The van der Waals surface area contributed by atoms with Gasteiger partial charge in [0.05, 0.1) is 68.1 Å². The van der Waals surface area contributed by atoms with Crippen LogP contribution in [0.3, 0.4) is 0 Å². The lowest BCUT2D eigenvalue weighted by Crippen LogP contribution is -2.55. The Labute approximate surface area is 722 Å². The zero-order valence-electron chi connectivity index (χ0n) is 78.6. The molecule has 8 bridgehead atoms. The van der Waals surface area contributed by atoms with Crippen LogP contribution in [0.25, 0.3) is 0 Å². The molecule has 9 heterocycles. The van der Waals surface area contributed by atoms with E-state index in [0.717, 1.165) is 144 Å². The van der Waals surface area contributed by atoms with E-state index < -0.39 is 0 Å². The summed E-state index contributed by atoms with van der Waals surface area (Å²) in [6, 6.07) is 2.51. The second-order valence-electron chi connectivity index (χ2n) is 39.1. The van der Waals surface area contributed by atoms with Gasteiger partial charge in [0.2, 0.25) is 0 Å². The van der Waals surface area contributed by atoms with Gasteiger partial charge in [0.1, 0.15) is 6.10 Å². The monoisotopic (exact) mass is 1670 g/mol. The molecule has 4 atom stereocenters. The van der Waals surface area contributed by atoms with Crippen LogP contribution in [-0.4, -0.2) is 328 Å². The second-order valence-corrected chi connectivity index (χ2v) is 39.1. The van der Waals surface area contributed by atoms with Crippen molar-refractivity contribution in [3.05, 3.63) is 0 Å². The molecule has 118 heavy (non-hydrogen) atoms.